The minimum atomic E-state index is -0.955. The molecule has 6 nitrogen and oxygen atoms in total. The van der Waals surface area contributed by atoms with Gasteiger partial charge in [-0.3, -0.25) is 4.79 Å². The molecule has 0 bridgehead atoms. The Hall–Kier alpha value is -2.31. The second kappa shape index (κ2) is 7.29. The van der Waals surface area contributed by atoms with Crippen LogP contribution in [-0.4, -0.2) is 40.9 Å². The molecule has 1 aromatic heterocycles. The van der Waals surface area contributed by atoms with Crippen molar-refractivity contribution in [3.05, 3.63) is 42.2 Å². The Morgan fingerprint density at radius 3 is 2.52 bits per heavy atom. The van der Waals surface area contributed by atoms with Gasteiger partial charge in [0, 0.05) is 31.0 Å². The highest BCUT2D eigenvalue weighted by molar-refractivity contribution is 5.89. The minimum absolute atomic E-state index is 0.0432. The second-order valence-corrected chi connectivity index (χ2v) is 6.89. The molecular weight excluding hydrogens is 314 g/mol. The molecular formula is C19H25N5O. The first-order valence-electron chi connectivity index (χ1n) is 8.68. The van der Waals surface area contributed by atoms with E-state index in [9.17, 15) is 4.79 Å². The van der Waals surface area contributed by atoms with Gasteiger partial charge >= 0.3 is 0 Å². The van der Waals surface area contributed by atoms with Crippen LogP contribution >= 0.6 is 0 Å². The average Bonchev–Trinajstić information content (AvgIpc) is 3.15. The van der Waals surface area contributed by atoms with Crippen LogP contribution in [0.5, 0.6) is 0 Å². The van der Waals surface area contributed by atoms with Crippen LogP contribution in [-0.2, 0) is 11.2 Å². The van der Waals surface area contributed by atoms with Gasteiger partial charge in [0.2, 0.25) is 5.95 Å². The lowest BCUT2D eigenvalue weighted by Crippen LogP contribution is -2.49. The highest BCUT2D eigenvalue weighted by Crippen LogP contribution is 2.23. The predicted octanol–water partition coefficient (Wildman–Crippen LogP) is 1.53. The van der Waals surface area contributed by atoms with Gasteiger partial charge in [0.25, 0.3) is 0 Å². The van der Waals surface area contributed by atoms with E-state index in [1.807, 2.05) is 36.7 Å². The summed E-state index contributed by atoms with van der Waals surface area (Å²) in [7, 11) is 0. The van der Waals surface area contributed by atoms with E-state index in [1.54, 1.807) is 6.92 Å². The molecule has 2 heterocycles. The van der Waals surface area contributed by atoms with E-state index in [0.29, 0.717) is 6.42 Å². The van der Waals surface area contributed by atoms with Crippen LogP contribution in [0.1, 0.15) is 25.3 Å². The first-order valence-corrected chi connectivity index (χ1v) is 8.68. The van der Waals surface area contributed by atoms with Gasteiger partial charge < -0.3 is 16.4 Å². The quantitative estimate of drug-likeness (QED) is 0.828. The summed E-state index contributed by atoms with van der Waals surface area (Å²) in [5.74, 6) is 0.650. The number of carbonyl (C=O) groups is 1. The van der Waals surface area contributed by atoms with Crippen molar-refractivity contribution in [2.75, 3.05) is 24.5 Å². The number of benzene rings is 1. The molecule has 2 aromatic rings. The van der Waals surface area contributed by atoms with Crippen molar-refractivity contribution in [1.29, 1.82) is 0 Å². The largest absolute Gasteiger partial charge is 0.341 e. The third-order valence-corrected chi connectivity index (χ3v) is 4.68. The van der Waals surface area contributed by atoms with Crippen molar-refractivity contribution in [2.24, 2.45) is 11.5 Å². The lowest BCUT2D eigenvalue weighted by Gasteiger charge is -2.22. The molecule has 6 heteroatoms. The van der Waals surface area contributed by atoms with Gasteiger partial charge in [-0.05, 0) is 37.3 Å². The summed E-state index contributed by atoms with van der Waals surface area (Å²) in [6, 6.07) is 7.97. The fourth-order valence-corrected chi connectivity index (χ4v) is 3.17. The molecule has 0 spiro atoms. The fourth-order valence-electron chi connectivity index (χ4n) is 3.17. The minimum Gasteiger partial charge on any atom is -0.341 e. The molecule has 1 aromatic carbocycles. The maximum absolute atomic E-state index is 11.9. The summed E-state index contributed by atoms with van der Waals surface area (Å²) in [4.78, 5) is 23.1. The molecule has 1 unspecified atom stereocenters. The summed E-state index contributed by atoms with van der Waals surface area (Å²) >= 11 is 0. The molecule has 1 saturated heterocycles. The molecule has 1 atom stereocenters. The van der Waals surface area contributed by atoms with Crippen LogP contribution in [0.2, 0.25) is 0 Å². The number of aromatic nitrogens is 2. The van der Waals surface area contributed by atoms with Crippen LogP contribution in [0.3, 0.4) is 0 Å². The van der Waals surface area contributed by atoms with Gasteiger partial charge in [-0.15, -0.1) is 0 Å². The maximum atomic E-state index is 11.9. The Morgan fingerprint density at radius 2 is 1.88 bits per heavy atom. The number of carbonyl (C=O) groups excluding carboxylic acids is 1. The standard InChI is InChI=1S/C19H25N5O/c1-19(21,17(25)11-20)10-14-5-4-6-15(9-14)16-12-22-18(23-13-16)24-7-2-3-8-24/h4-6,9,12-13H,2-3,7-8,10-11,20-21H2,1H3. The van der Waals surface area contributed by atoms with Crippen molar-refractivity contribution >= 4 is 11.7 Å². The van der Waals surface area contributed by atoms with Gasteiger partial charge in [-0.25, -0.2) is 9.97 Å². The van der Waals surface area contributed by atoms with Crippen molar-refractivity contribution in [2.45, 2.75) is 31.7 Å². The van der Waals surface area contributed by atoms with Gasteiger partial charge in [-0.2, -0.15) is 0 Å². The molecule has 3 rings (SSSR count). The highest BCUT2D eigenvalue weighted by atomic mass is 16.1. The monoisotopic (exact) mass is 339 g/mol. The number of nitrogens with zero attached hydrogens (tertiary/aromatic N) is 3. The Balaban J connectivity index is 1.78. The maximum Gasteiger partial charge on any atom is 0.225 e. The summed E-state index contributed by atoms with van der Waals surface area (Å²) in [6.07, 6.45) is 6.56. The number of ketones is 1. The Morgan fingerprint density at radius 1 is 1.20 bits per heavy atom. The van der Waals surface area contributed by atoms with E-state index in [-0.39, 0.29) is 12.3 Å². The summed E-state index contributed by atoms with van der Waals surface area (Å²) < 4.78 is 0. The SMILES string of the molecule is CC(N)(Cc1cccc(-c2cnc(N3CCCC3)nc2)c1)C(=O)CN. The molecule has 0 radical (unpaired) electrons. The number of nitrogens with two attached hydrogens (primary N) is 2. The fraction of sp³-hybridized carbons (Fsp3) is 0.421. The van der Waals surface area contributed by atoms with E-state index in [4.69, 9.17) is 11.5 Å². The van der Waals surface area contributed by atoms with Crippen LogP contribution < -0.4 is 16.4 Å². The number of Topliss-reactive ketones (excluding diaryl/α,β-unsaturated/α-hetero) is 1. The molecule has 1 aliphatic rings. The third kappa shape index (κ3) is 4.03. The average molecular weight is 339 g/mol. The zero-order valence-electron chi connectivity index (χ0n) is 14.6. The van der Waals surface area contributed by atoms with Gasteiger partial charge in [0.05, 0.1) is 12.1 Å². The number of hydrogen-bond acceptors (Lipinski definition) is 6. The van der Waals surface area contributed by atoms with E-state index in [2.05, 4.69) is 14.9 Å². The van der Waals surface area contributed by atoms with Crippen LogP contribution in [0.15, 0.2) is 36.7 Å². The molecule has 0 amide bonds. The summed E-state index contributed by atoms with van der Waals surface area (Å²) in [5, 5.41) is 0. The molecule has 1 aliphatic heterocycles. The lowest BCUT2D eigenvalue weighted by molar-refractivity contribution is -0.122. The topological polar surface area (TPSA) is 98.1 Å². The van der Waals surface area contributed by atoms with E-state index < -0.39 is 5.54 Å². The van der Waals surface area contributed by atoms with Crippen LogP contribution in [0.25, 0.3) is 11.1 Å². The Kier molecular flexibility index (Phi) is 5.11. The van der Waals surface area contributed by atoms with E-state index in [0.717, 1.165) is 35.7 Å². The molecule has 25 heavy (non-hydrogen) atoms. The van der Waals surface area contributed by atoms with Crippen molar-refractivity contribution in [3.8, 4) is 11.1 Å². The van der Waals surface area contributed by atoms with Gasteiger partial charge in [0.15, 0.2) is 5.78 Å². The van der Waals surface area contributed by atoms with E-state index in [1.165, 1.54) is 12.8 Å². The molecule has 132 valence electrons. The first-order chi connectivity index (χ1) is 12.0. The second-order valence-electron chi connectivity index (χ2n) is 6.89. The van der Waals surface area contributed by atoms with Gasteiger partial charge in [0.1, 0.15) is 0 Å². The molecule has 1 fully saturated rings. The number of hydrogen-bond donors (Lipinski definition) is 2. The Bertz CT molecular complexity index is 736. The van der Waals surface area contributed by atoms with Crippen molar-refractivity contribution in [3.63, 3.8) is 0 Å². The van der Waals surface area contributed by atoms with Gasteiger partial charge in [-0.1, -0.05) is 24.3 Å². The highest BCUT2D eigenvalue weighted by Gasteiger charge is 2.27. The molecule has 0 saturated carbocycles. The summed E-state index contributed by atoms with van der Waals surface area (Å²) in [5.41, 5.74) is 13.6. The van der Waals surface area contributed by atoms with Crippen molar-refractivity contribution < 1.29 is 4.79 Å². The van der Waals surface area contributed by atoms with Crippen molar-refractivity contribution in [1.82, 2.24) is 9.97 Å². The zero-order chi connectivity index (χ0) is 17.9. The lowest BCUT2D eigenvalue weighted by atomic mass is 9.88. The smallest absolute Gasteiger partial charge is 0.225 e. The molecule has 4 N–H and O–H groups in total. The summed E-state index contributed by atoms with van der Waals surface area (Å²) in [6.45, 7) is 3.74. The van der Waals surface area contributed by atoms with Crippen LogP contribution in [0.4, 0.5) is 5.95 Å². The Labute approximate surface area is 148 Å². The van der Waals surface area contributed by atoms with Crippen LogP contribution in [0, 0.1) is 0 Å². The normalized spacial score (nSPS) is 16.7. The van der Waals surface area contributed by atoms with E-state index >= 15 is 0 Å². The third-order valence-electron chi connectivity index (χ3n) is 4.68. The number of anilines is 1. The predicted molar refractivity (Wildman–Crippen MR) is 99.3 cm³/mol. The first kappa shape index (κ1) is 17.5. The number of rotatable bonds is 6. The molecule has 0 aliphatic carbocycles. The zero-order valence-corrected chi connectivity index (χ0v) is 14.6.